The van der Waals surface area contributed by atoms with Crippen LogP contribution in [0.3, 0.4) is 0 Å². The molecule has 2 aromatic carbocycles. The molecule has 2 aliphatic heterocycles. The number of nitrogens with zero attached hydrogens (tertiary/aromatic N) is 4. The molecule has 186 valence electrons. The normalized spacial score (nSPS) is 21.6. The van der Waals surface area contributed by atoms with Crippen LogP contribution in [0.5, 0.6) is 0 Å². The van der Waals surface area contributed by atoms with Crippen LogP contribution >= 0.6 is 11.6 Å². The number of carbonyl (C=O) groups excluding carboxylic acids is 1. The number of fused-ring (bicyclic) bond motifs is 1. The Kier molecular flexibility index (Phi) is 7.25. The molecule has 2 fully saturated rings. The second kappa shape index (κ2) is 10.5. The van der Waals surface area contributed by atoms with Gasteiger partial charge in [0.2, 0.25) is 5.91 Å². The van der Waals surface area contributed by atoms with E-state index in [0.29, 0.717) is 29.7 Å². The minimum atomic E-state index is -0.359. The minimum absolute atomic E-state index is 0.0547. The SMILES string of the molecule is O=C(C1CCCCC1)N1c2ccccc2CCC1CN1CCN(c2ccc(Cl)cc2[N+](=O)[O-])CC1. The fraction of sp³-hybridized carbons (Fsp3) is 0.519. The Bertz CT molecular complexity index is 1080. The summed E-state index contributed by atoms with van der Waals surface area (Å²) in [5, 5.41) is 11.9. The lowest BCUT2D eigenvalue weighted by molar-refractivity contribution is -0.384. The first kappa shape index (κ1) is 24.1. The molecule has 1 saturated carbocycles. The van der Waals surface area contributed by atoms with Crippen LogP contribution in [0.1, 0.15) is 44.1 Å². The van der Waals surface area contributed by atoms with Crippen LogP contribution in [0.4, 0.5) is 17.1 Å². The van der Waals surface area contributed by atoms with Crippen molar-refractivity contribution < 1.29 is 9.72 Å². The number of hydrogen-bond donors (Lipinski definition) is 0. The maximum Gasteiger partial charge on any atom is 0.294 e. The zero-order chi connectivity index (χ0) is 24.4. The number of benzene rings is 2. The zero-order valence-corrected chi connectivity index (χ0v) is 20.8. The predicted octanol–water partition coefficient (Wildman–Crippen LogP) is 5.30. The lowest BCUT2D eigenvalue weighted by Gasteiger charge is -2.43. The topological polar surface area (TPSA) is 69.9 Å². The Labute approximate surface area is 211 Å². The number of anilines is 2. The van der Waals surface area contributed by atoms with Gasteiger partial charge in [0.1, 0.15) is 5.69 Å². The molecule has 2 aromatic rings. The van der Waals surface area contributed by atoms with E-state index in [2.05, 4.69) is 32.9 Å². The van der Waals surface area contributed by atoms with Crippen LogP contribution in [0.2, 0.25) is 5.02 Å². The number of piperazine rings is 1. The highest BCUT2D eigenvalue weighted by Gasteiger charge is 2.36. The van der Waals surface area contributed by atoms with E-state index in [1.165, 1.54) is 18.1 Å². The molecule has 1 unspecified atom stereocenters. The van der Waals surface area contributed by atoms with E-state index < -0.39 is 0 Å². The van der Waals surface area contributed by atoms with E-state index >= 15 is 0 Å². The van der Waals surface area contributed by atoms with Gasteiger partial charge in [0.25, 0.3) is 5.69 Å². The molecule has 1 amide bonds. The van der Waals surface area contributed by atoms with Crippen LogP contribution in [0.25, 0.3) is 0 Å². The molecule has 0 N–H and O–H groups in total. The third kappa shape index (κ3) is 5.16. The Morgan fingerprint density at radius 3 is 2.46 bits per heavy atom. The zero-order valence-electron chi connectivity index (χ0n) is 20.1. The molecule has 7 nitrogen and oxygen atoms in total. The molecule has 35 heavy (non-hydrogen) atoms. The van der Waals surface area contributed by atoms with Gasteiger partial charge in [0.05, 0.1) is 4.92 Å². The summed E-state index contributed by atoms with van der Waals surface area (Å²) in [6.45, 7) is 3.88. The first-order valence-corrected chi connectivity index (χ1v) is 13.2. The van der Waals surface area contributed by atoms with Crippen molar-refractivity contribution in [2.75, 3.05) is 42.5 Å². The first-order valence-electron chi connectivity index (χ1n) is 12.8. The van der Waals surface area contributed by atoms with Gasteiger partial charge in [-0.25, -0.2) is 0 Å². The van der Waals surface area contributed by atoms with Gasteiger partial charge in [-0.05, 0) is 49.4 Å². The summed E-state index contributed by atoms with van der Waals surface area (Å²) in [7, 11) is 0. The van der Waals surface area contributed by atoms with Crippen molar-refractivity contribution in [2.45, 2.75) is 51.0 Å². The lowest BCUT2D eigenvalue weighted by atomic mass is 9.86. The number of nitro groups is 1. The standard InChI is InChI=1S/C27H33ClN4O3/c28-22-11-13-25(26(18-22)32(34)35)30-16-14-29(15-17-30)19-23-12-10-20-6-4-5-9-24(20)31(23)27(33)21-7-2-1-3-8-21/h4-6,9,11,13,18,21,23H,1-3,7-8,10,12,14-17,19H2. The number of halogens is 1. The highest BCUT2D eigenvalue weighted by Crippen LogP contribution is 2.36. The summed E-state index contributed by atoms with van der Waals surface area (Å²) in [6, 6.07) is 13.4. The van der Waals surface area contributed by atoms with Gasteiger partial charge in [0.15, 0.2) is 0 Å². The van der Waals surface area contributed by atoms with Crippen molar-refractivity contribution in [1.82, 2.24) is 4.90 Å². The molecule has 0 radical (unpaired) electrons. The molecule has 0 spiro atoms. The van der Waals surface area contributed by atoms with Gasteiger partial charge in [-0.2, -0.15) is 0 Å². The average Bonchev–Trinajstić information content (AvgIpc) is 2.89. The number of nitro benzene ring substituents is 1. The molecule has 1 aliphatic carbocycles. The van der Waals surface area contributed by atoms with Crippen LogP contribution in [0, 0.1) is 16.0 Å². The van der Waals surface area contributed by atoms with Crippen LogP contribution in [-0.2, 0) is 11.2 Å². The highest BCUT2D eigenvalue weighted by atomic mass is 35.5. The third-order valence-corrected chi connectivity index (χ3v) is 8.11. The molecule has 8 heteroatoms. The van der Waals surface area contributed by atoms with Crippen molar-refractivity contribution in [3.8, 4) is 0 Å². The van der Waals surface area contributed by atoms with Crippen LogP contribution in [0.15, 0.2) is 42.5 Å². The summed E-state index contributed by atoms with van der Waals surface area (Å²) < 4.78 is 0. The number of carbonyl (C=O) groups is 1. The van der Waals surface area contributed by atoms with Gasteiger partial charge < -0.3 is 9.80 Å². The van der Waals surface area contributed by atoms with Crippen molar-refractivity contribution in [2.24, 2.45) is 5.92 Å². The summed E-state index contributed by atoms with van der Waals surface area (Å²) >= 11 is 6.00. The summed E-state index contributed by atoms with van der Waals surface area (Å²) in [6.07, 6.45) is 7.50. The van der Waals surface area contributed by atoms with Crippen molar-refractivity contribution in [3.63, 3.8) is 0 Å². The first-order chi connectivity index (χ1) is 17.0. The Balaban J connectivity index is 1.29. The largest absolute Gasteiger partial charge is 0.363 e. The summed E-state index contributed by atoms with van der Waals surface area (Å²) in [5.74, 6) is 0.442. The maximum absolute atomic E-state index is 13.8. The summed E-state index contributed by atoms with van der Waals surface area (Å²) in [4.78, 5) is 31.6. The molecule has 1 saturated heterocycles. The molecule has 2 heterocycles. The number of hydrogen-bond acceptors (Lipinski definition) is 5. The quantitative estimate of drug-likeness (QED) is 0.415. The van der Waals surface area contributed by atoms with Crippen molar-refractivity contribution in [3.05, 3.63) is 63.2 Å². The molecule has 0 bridgehead atoms. The van der Waals surface area contributed by atoms with E-state index in [4.69, 9.17) is 11.6 Å². The van der Waals surface area contributed by atoms with E-state index in [9.17, 15) is 14.9 Å². The number of aryl methyl sites for hydroxylation is 1. The Hall–Kier alpha value is -2.64. The van der Waals surface area contributed by atoms with E-state index in [1.54, 1.807) is 12.1 Å². The second-order valence-corrected chi connectivity index (χ2v) is 10.5. The second-order valence-electron chi connectivity index (χ2n) is 10.0. The predicted molar refractivity (Wildman–Crippen MR) is 139 cm³/mol. The van der Waals surface area contributed by atoms with E-state index in [-0.39, 0.29) is 22.6 Å². The van der Waals surface area contributed by atoms with Crippen LogP contribution in [-0.4, -0.2) is 54.5 Å². The number of amides is 1. The fourth-order valence-corrected chi connectivity index (χ4v) is 6.17. The van der Waals surface area contributed by atoms with Crippen molar-refractivity contribution in [1.29, 1.82) is 0 Å². The summed E-state index contributed by atoms with van der Waals surface area (Å²) in [5.41, 5.74) is 3.04. The highest BCUT2D eigenvalue weighted by molar-refractivity contribution is 6.30. The van der Waals surface area contributed by atoms with Gasteiger partial charge in [-0.1, -0.05) is 49.1 Å². The molecular formula is C27H33ClN4O3. The van der Waals surface area contributed by atoms with Gasteiger partial charge >= 0.3 is 0 Å². The third-order valence-electron chi connectivity index (χ3n) is 7.87. The van der Waals surface area contributed by atoms with E-state index in [1.807, 2.05) is 6.07 Å². The van der Waals surface area contributed by atoms with Gasteiger partial charge in [-0.3, -0.25) is 19.8 Å². The molecule has 3 aliphatic rings. The number of rotatable bonds is 5. The van der Waals surface area contributed by atoms with E-state index in [0.717, 1.165) is 63.8 Å². The van der Waals surface area contributed by atoms with Crippen molar-refractivity contribution >= 4 is 34.6 Å². The molecule has 0 aromatic heterocycles. The molecular weight excluding hydrogens is 464 g/mol. The average molecular weight is 497 g/mol. The van der Waals surface area contributed by atoms with Gasteiger partial charge in [0, 0.05) is 61.5 Å². The maximum atomic E-state index is 13.8. The van der Waals surface area contributed by atoms with Crippen LogP contribution < -0.4 is 9.80 Å². The molecule has 1 atom stereocenters. The Morgan fingerprint density at radius 2 is 1.71 bits per heavy atom. The Morgan fingerprint density at radius 1 is 0.971 bits per heavy atom. The lowest BCUT2D eigenvalue weighted by Crippen LogP contribution is -2.55. The monoisotopic (exact) mass is 496 g/mol. The minimum Gasteiger partial charge on any atom is -0.363 e. The fourth-order valence-electron chi connectivity index (χ4n) is 6.00. The number of para-hydroxylation sites is 1. The van der Waals surface area contributed by atoms with Gasteiger partial charge in [-0.15, -0.1) is 0 Å². The smallest absolute Gasteiger partial charge is 0.294 e. The molecule has 5 rings (SSSR count).